The monoisotopic (exact) mass is 118 g/mol. The molecule has 0 saturated heterocycles. The molecule has 0 N–H and O–H groups in total. The molecule has 0 spiro atoms. The third kappa shape index (κ3) is 1.000. The van der Waals surface area contributed by atoms with Crippen molar-refractivity contribution >= 4 is 6.20 Å². The Morgan fingerprint density at radius 1 is 1.89 bits per heavy atom. The van der Waals surface area contributed by atoms with Crippen LogP contribution in [0.5, 0.6) is 0 Å². The summed E-state index contributed by atoms with van der Waals surface area (Å²) >= 11 is 0. The fraction of sp³-hybridized carbons (Fsp3) is 0. The Balaban J connectivity index is 3.03. The molecule has 0 aliphatic heterocycles. The van der Waals surface area contributed by atoms with Gasteiger partial charge in [0.25, 0.3) is 0 Å². The number of terminal acetylenes is 1. The summed E-state index contributed by atoms with van der Waals surface area (Å²) in [7, 11) is 0. The van der Waals surface area contributed by atoms with E-state index in [1.54, 1.807) is 23.3 Å². The predicted octanol–water partition coefficient (Wildman–Crippen LogP) is 0.965. The first-order chi connectivity index (χ1) is 4.36. The minimum Gasteiger partial charge on any atom is -0.248 e. The van der Waals surface area contributed by atoms with E-state index in [9.17, 15) is 0 Å². The largest absolute Gasteiger partial charge is 0.248 e. The van der Waals surface area contributed by atoms with Crippen LogP contribution in [0.4, 0.5) is 0 Å². The zero-order chi connectivity index (χ0) is 6.69. The van der Waals surface area contributed by atoms with E-state index in [2.05, 4.69) is 17.6 Å². The van der Waals surface area contributed by atoms with Crippen LogP contribution in [0.2, 0.25) is 0 Å². The van der Waals surface area contributed by atoms with E-state index in [0.717, 1.165) is 5.56 Å². The summed E-state index contributed by atoms with van der Waals surface area (Å²) in [5.74, 6) is 2.45. The average molecular weight is 118 g/mol. The molecule has 0 atom stereocenters. The fourth-order valence-corrected chi connectivity index (χ4v) is 0.512. The van der Waals surface area contributed by atoms with Crippen LogP contribution < -0.4 is 0 Å². The Morgan fingerprint density at radius 3 is 3.00 bits per heavy atom. The van der Waals surface area contributed by atoms with Gasteiger partial charge in [0.15, 0.2) is 0 Å². The minimum absolute atomic E-state index is 0.773. The van der Waals surface area contributed by atoms with Crippen LogP contribution in [0.25, 0.3) is 6.20 Å². The Bertz CT molecular complexity index is 252. The van der Waals surface area contributed by atoms with Crippen LogP contribution in [0, 0.1) is 12.3 Å². The third-order valence-electron chi connectivity index (χ3n) is 0.955. The van der Waals surface area contributed by atoms with Gasteiger partial charge in [-0.25, -0.2) is 4.68 Å². The molecule has 0 bridgehead atoms. The van der Waals surface area contributed by atoms with E-state index >= 15 is 0 Å². The molecule has 1 heterocycles. The number of aromatic nitrogens is 2. The Labute approximate surface area is 53.8 Å². The van der Waals surface area contributed by atoms with Gasteiger partial charge in [-0.2, -0.15) is 5.10 Å². The van der Waals surface area contributed by atoms with Crippen molar-refractivity contribution in [1.82, 2.24) is 9.78 Å². The lowest BCUT2D eigenvalue weighted by Crippen LogP contribution is -1.81. The van der Waals surface area contributed by atoms with Crippen molar-refractivity contribution in [2.75, 3.05) is 0 Å². The van der Waals surface area contributed by atoms with E-state index in [1.807, 2.05) is 0 Å². The highest BCUT2D eigenvalue weighted by Gasteiger charge is 1.87. The summed E-state index contributed by atoms with van der Waals surface area (Å²) in [6.07, 6.45) is 10.0. The molecule has 0 aliphatic carbocycles. The first-order valence-corrected chi connectivity index (χ1v) is 2.50. The highest BCUT2D eigenvalue weighted by Crippen LogP contribution is 1.92. The van der Waals surface area contributed by atoms with E-state index < -0.39 is 0 Å². The van der Waals surface area contributed by atoms with Crippen molar-refractivity contribution < 1.29 is 0 Å². The summed E-state index contributed by atoms with van der Waals surface area (Å²) in [5.41, 5.74) is 0.773. The lowest BCUT2D eigenvalue weighted by atomic mass is 10.4. The molecule has 0 aromatic carbocycles. The molecule has 0 saturated carbocycles. The van der Waals surface area contributed by atoms with Crippen LogP contribution in [-0.2, 0) is 0 Å². The van der Waals surface area contributed by atoms with Gasteiger partial charge in [0.1, 0.15) is 0 Å². The first-order valence-electron chi connectivity index (χ1n) is 2.50. The highest BCUT2D eigenvalue weighted by atomic mass is 15.2. The molecule has 2 heteroatoms. The van der Waals surface area contributed by atoms with Gasteiger partial charge in [-0.1, -0.05) is 12.5 Å². The van der Waals surface area contributed by atoms with Gasteiger partial charge in [0, 0.05) is 12.4 Å². The van der Waals surface area contributed by atoms with E-state index in [0.29, 0.717) is 0 Å². The highest BCUT2D eigenvalue weighted by molar-refractivity contribution is 5.29. The van der Waals surface area contributed by atoms with Crippen molar-refractivity contribution in [2.24, 2.45) is 0 Å². The molecule has 1 aromatic rings. The lowest BCUT2D eigenvalue weighted by molar-refractivity contribution is 0.937. The van der Waals surface area contributed by atoms with Gasteiger partial charge in [-0.05, 0) is 0 Å². The second kappa shape index (κ2) is 2.19. The molecule has 0 unspecified atom stereocenters. The number of hydrogen-bond acceptors (Lipinski definition) is 1. The average Bonchev–Trinajstić information content (AvgIpc) is 2.34. The van der Waals surface area contributed by atoms with Crippen LogP contribution in [0.1, 0.15) is 5.56 Å². The number of nitrogens with zero attached hydrogens (tertiary/aromatic N) is 2. The van der Waals surface area contributed by atoms with Crippen LogP contribution in [0.3, 0.4) is 0 Å². The molecule has 44 valence electrons. The van der Waals surface area contributed by atoms with E-state index in [-0.39, 0.29) is 0 Å². The van der Waals surface area contributed by atoms with Crippen LogP contribution in [-0.4, -0.2) is 9.78 Å². The van der Waals surface area contributed by atoms with Crippen molar-refractivity contribution in [3.05, 3.63) is 24.5 Å². The Morgan fingerprint density at radius 2 is 2.67 bits per heavy atom. The van der Waals surface area contributed by atoms with Gasteiger partial charge in [-0.3, -0.25) is 0 Å². The molecular weight excluding hydrogens is 112 g/mol. The molecule has 0 aliphatic rings. The first kappa shape index (κ1) is 5.64. The van der Waals surface area contributed by atoms with Crippen molar-refractivity contribution in [3.63, 3.8) is 0 Å². The summed E-state index contributed by atoms with van der Waals surface area (Å²) < 4.78 is 1.56. The maximum atomic E-state index is 5.08. The van der Waals surface area contributed by atoms with Gasteiger partial charge < -0.3 is 0 Å². The predicted molar refractivity (Wildman–Crippen MR) is 36.5 cm³/mol. The number of hydrogen-bond donors (Lipinski definition) is 0. The van der Waals surface area contributed by atoms with Crippen LogP contribution in [0.15, 0.2) is 19.0 Å². The normalized spacial score (nSPS) is 8.33. The quantitative estimate of drug-likeness (QED) is 0.502. The van der Waals surface area contributed by atoms with Crippen molar-refractivity contribution in [3.8, 4) is 12.3 Å². The summed E-state index contributed by atoms with van der Waals surface area (Å²) in [6.45, 7) is 3.51. The molecule has 1 aromatic heterocycles. The van der Waals surface area contributed by atoms with Gasteiger partial charge in [-0.15, -0.1) is 6.42 Å². The third-order valence-corrected chi connectivity index (χ3v) is 0.955. The second-order valence-electron chi connectivity index (χ2n) is 1.54. The molecule has 2 nitrogen and oxygen atoms in total. The van der Waals surface area contributed by atoms with Crippen LogP contribution >= 0.6 is 0 Å². The molecule has 1 rings (SSSR count). The number of rotatable bonds is 1. The Kier molecular flexibility index (Phi) is 1.37. The second-order valence-corrected chi connectivity index (χ2v) is 1.54. The zero-order valence-electron chi connectivity index (χ0n) is 4.91. The smallest absolute Gasteiger partial charge is 0.0650 e. The van der Waals surface area contributed by atoms with Crippen molar-refractivity contribution in [2.45, 2.75) is 0 Å². The molecule has 9 heavy (non-hydrogen) atoms. The molecule has 0 radical (unpaired) electrons. The molecule has 0 amide bonds. The van der Waals surface area contributed by atoms with E-state index in [1.165, 1.54) is 0 Å². The Hall–Kier alpha value is -1.49. The van der Waals surface area contributed by atoms with Gasteiger partial charge in [0.2, 0.25) is 0 Å². The maximum absolute atomic E-state index is 5.08. The SMILES string of the molecule is C#Cc1cnn(C=C)c1. The maximum Gasteiger partial charge on any atom is 0.0650 e. The fourth-order valence-electron chi connectivity index (χ4n) is 0.512. The van der Waals surface area contributed by atoms with Gasteiger partial charge in [0.05, 0.1) is 11.8 Å². The summed E-state index contributed by atoms with van der Waals surface area (Å²) in [5, 5.41) is 3.86. The lowest BCUT2D eigenvalue weighted by Gasteiger charge is -1.81. The minimum atomic E-state index is 0.773. The summed E-state index contributed by atoms with van der Waals surface area (Å²) in [6, 6.07) is 0. The van der Waals surface area contributed by atoms with E-state index in [4.69, 9.17) is 6.42 Å². The topological polar surface area (TPSA) is 17.8 Å². The molecular formula is C7H6N2. The zero-order valence-corrected chi connectivity index (χ0v) is 4.91. The standard InChI is InChI=1S/C7H6N2/c1-3-7-5-8-9(4-2)6-7/h1,4-6H,2H2. The van der Waals surface area contributed by atoms with Gasteiger partial charge >= 0.3 is 0 Å². The molecule has 0 fully saturated rings. The van der Waals surface area contributed by atoms with Crippen molar-refractivity contribution in [1.29, 1.82) is 0 Å². The summed E-state index contributed by atoms with van der Waals surface area (Å²) in [4.78, 5) is 0.